The van der Waals surface area contributed by atoms with E-state index in [0.717, 1.165) is 11.1 Å². The maximum atomic E-state index is 12.7. The molecule has 112 valence electrons. The van der Waals surface area contributed by atoms with Crippen LogP contribution in [-0.4, -0.2) is 22.1 Å². The first-order chi connectivity index (χ1) is 10.6. The van der Waals surface area contributed by atoms with Gasteiger partial charge in [-0.2, -0.15) is 0 Å². The SMILES string of the molecule is CCOC(=O)Cn1c(=O)c2ccc(C)nc2c2ccccc21. The third-order valence-electron chi connectivity index (χ3n) is 3.55. The molecule has 0 radical (unpaired) electrons. The van der Waals surface area contributed by atoms with E-state index in [1.165, 1.54) is 4.57 Å². The molecule has 0 aliphatic rings. The van der Waals surface area contributed by atoms with Gasteiger partial charge in [-0.15, -0.1) is 0 Å². The molecule has 0 saturated carbocycles. The molecule has 0 aliphatic carbocycles. The van der Waals surface area contributed by atoms with Crippen LogP contribution >= 0.6 is 0 Å². The summed E-state index contributed by atoms with van der Waals surface area (Å²) in [5, 5.41) is 1.36. The topological polar surface area (TPSA) is 61.2 Å². The van der Waals surface area contributed by atoms with Crippen molar-refractivity contribution < 1.29 is 9.53 Å². The van der Waals surface area contributed by atoms with Gasteiger partial charge in [0.25, 0.3) is 5.56 Å². The van der Waals surface area contributed by atoms with Crippen molar-refractivity contribution in [3.8, 4) is 0 Å². The molecule has 0 bridgehead atoms. The number of ether oxygens (including phenoxy) is 1. The third-order valence-corrected chi connectivity index (χ3v) is 3.55. The van der Waals surface area contributed by atoms with Gasteiger partial charge in [-0.25, -0.2) is 0 Å². The Kier molecular flexibility index (Phi) is 3.63. The van der Waals surface area contributed by atoms with Crippen LogP contribution in [0.25, 0.3) is 21.8 Å². The molecule has 1 aromatic carbocycles. The molecule has 3 aromatic rings. The van der Waals surface area contributed by atoms with Crippen LogP contribution in [0.4, 0.5) is 0 Å². The first-order valence-corrected chi connectivity index (χ1v) is 7.16. The van der Waals surface area contributed by atoms with Crippen molar-refractivity contribution in [2.75, 3.05) is 6.61 Å². The van der Waals surface area contributed by atoms with E-state index >= 15 is 0 Å². The monoisotopic (exact) mass is 296 g/mol. The summed E-state index contributed by atoms with van der Waals surface area (Å²) in [4.78, 5) is 29.0. The summed E-state index contributed by atoms with van der Waals surface area (Å²) in [5.41, 5.74) is 1.97. The van der Waals surface area contributed by atoms with Gasteiger partial charge in [0, 0.05) is 11.1 Å². The summed E-state index contributed by atoms with van der Waals surface area (Å²) >= 11 is 0. The van der Waals surface area contributed by atoms with E-state index in [4.69, 9.17) is 4.74 Å². The van der Waals surface area contributed by atoms with E-state index in [9.17, 15) is 9.59 Å². The normalized spacial score (nSPS) is 11.0. The molecule has 0 unspecified atom stereocenters. The number of fused-ring (bicyclic) bond motifs is 3. The van der Waals surface area contributed by atoms with Crippen molar-refractivity contribution in [3.05, 3.63) is 52.4 Å². The number of hydrogen-bond donors (Lipinski definition) is 0. The zero-order valence-corrected chi connectivity index (χ0v) is 12.5. The molecule has 0 N–H and O–H groups in total. The minimum Gasteiger partial charge on any atom is -0.465 e. The lowest BCUT2D eigenvalue weighted by Crippen LogP contribution is -2.26. The highest BCUT2D eigenvalue weighted by Gasteiger charge is 2.14. The highest BCUT2D eigenvalue weighted by molar-refractivity contribution is 6.03. The van der Waals surface area contributed by atoms with Crippen LogP contribution in [0, 0.1) is 6.92 Å². The Balaban J connectivity index is 2.35. The van der Waals surface area contributed by atoms with Gasteiger partial charge in [-0.05, 0) is 32.0 Å². The van der Waals surface area contributed by atoms with Crippen molar-refractivity contribution in [1.29, 1.82) is 0 Å². The smallest absolute Gasteiger partial charge is 0.326 e. The Morgan fingerprint density at radius 2 is 1.95 bits per heavy atom. The van der Waals surface area contributed by atoms with E-state index in [-0.39, 0.29) is 12.1 Å². The van der Waals surface area contributed by atoms with Gasteiger partial charge in [0.1, 0.15) is 6.54 Å². The Morgan fingerprint density at radius 3 is 2.73 bits per heavy atom. The number of aryl methyl sites for hydroxylation is 1. The average Bonchev–Trinajstić information content (AvgIpc) is 2.51. The Hall–Kier alpha value is -2.69. The van der Waals surface area contributed by atoms with Gasteiger partial charge in [0.15, 0.2) is 0 Å². The molecule has 0 spiro atoms. The van der Waals surface area contributed by atoms with Crippen LogP contribution in [0.5, 0.6) is 0 Å². The fraction of sp³-hybridized carbons (Fsp3) is 0.235. The van der Waals surface area contributed by atoms with Gasteiger partial charge >= 0.3 is 5.97 Å². The maximum Gasteiger partial charge on any atom is 0.326 e. The second kappa shape index (κ2) is 5.60. The number of carbonyl (C=O) groups excluding carboxylic acids is 1. The molecule has 3 rings (SSSR count). The van der Waals surface area contributed by atoms with Crippen LogP contribution in [0.1, 0.15) is 12.6 Å². The van der Waals surface area contributed by atoms with Gasteiger partial charge in [0.05, 0.1) is 23.0 Å². The van der Waals surface area contributed by atoms with Gasteiger partial charge in [-0.3, -0.25) is 19.1 Å². The van der Waals surface area contributed by atoms with Crippen LogP contribution in [0.2, 0.25) is 0 Å². The maximum absolute atomic E-state index is 12.7. The first-order valence-electron chi connectivity index (χ1n) is 7.16. The van der Waals surface area contributed by atoms with Crippen molar-refractivity contribution in [2.24, 2.45) is 0 Å². The summed E-state index contributed by atoms with van der Waals surface area (Å²) in [7, 11) is 0. The molecular weight excluding hydrogens is 280 g/mol. The summed E-state index contributed by atoms with van der Waals surface area (Å²) in [6.07, 6.45) is 0. The number of esters is 1. The molecule has 0 saturated heterocycles. The van der Waals surface area contributed by atoms with E-state index in [1.54, 1.807) is 19.1 Å². The molecule has 0 amide bonds. The van der Waals surface area contributed by atoms with Gasteiger partial charge < -0.3 is 4.74 Å². The predicted molar refractivity (Wildman–Crippen MR) is 84.9 cm³/mol. The Morgan fingerprint density at radius 1 is 1.18 bits per heavy atom. The average molecular weight is 296 g/mol. The van der Waals surface area contributed by atoms with E-state index < -0.39 is 5.97 Å². The van der Waals surface area contributed by atoms with E-state index in [0.29, 0.717) is 23.0 Å². The number of rotatable bonds is 3. The van der Waals surface area contributed by atoms with Crippen LogP contribution in [0.15, 0.2) is 41.2 Å². The van der Waals surface area contributed by atoms with Crippen molar-refractivity contribution in [1.82, 2.24) is 9.55 Å². The van der Waals surface area contributed by atoms with Gasteiger partial charge in [-0.1, -0.05) is 18.2 Å². The van der Waals surface area contributed by atoms with Crippen molar-refractivity contribution in [2.45, 2.75) is 20.4 Å². The number of para-hydroxylation sites is 1. The molecule has 5 nitrogen and oxygen atoms in total. The molecule has 0 fully saturated rings. The van der Waals surface area contributed by atoms with E-state index in [1.807, 2.05) is 31.2 Å². The lowest BCUT2D eigenvalue weighted by atomic mass is 10.1. The van der Waals surface area contributed by atoms with Crippen molar-refractivity contribution in [3.63, 3.8) is 0 Å². The second-order valence-corrected chi connectivity index (χ2v) is 5.06. The number of pyridine rings is 2. The van der Waals surface area contributed by atoms with Crippen LogP contribution in [-0.2, 0) is 16.1 Å². The fourth-order valence-electron chi connectivity index (χ4n) is 2.59. The Labute approximate surface area is 127 Å². The summed E-state index contributed by atoms with van der Waals surface area (Å²) in [6.45, 7) is 3.82. The predicted octanol–water partition coefficient (Wildman–Crippen LogP) is 2.42. The van der Waals surface area contributed by atoms with Crippen LogP contribution in [0.3, 0.4) is 0 Å². The fourth-order valence-corrected chi connectivity index (χ4v) is 2.59. The van der Waals surface area contributed by atoms with Gasteiger partial charge in [0.2, 0.25) is 0 Å². The lowest BCUT2D eigenvalue weighted by molar-refractivity contribution is -0.143. The number of aromatic nitrogens is 2. The van der Waals surface area contributed by atoms with Crippen molar-refractivity contribution >= 4 is 27.8 Å². The number of hydrogen-bond acceptors (Lipinski definition) is 4. The number of carbonyl (C=O) groups is 1. The minimum absolute atomic E-state index is 0.100. The first kappa shape index (κ1) is 14.3. The zero-order valence-electron chi connectivity index (χ0n) is 12.5. The number of nitrogens with zero attached hydrogens (tertiary/aromatic N) is 2. The lowest BCUT2D eigenvalue weighted by Gasteiger charge is -2.12. The molecule has 2 aromatic heterocycles. The summed E-state index contributed by atoms with van der Waals surface area (Å²) in [6, 6.07) is 11.0. The third kappa shape index (κ3) is 2.35. The van der Waals surface area contributed by atoms with E-state index in [2.05, 4.69) is 4.98 Å². The largest absolute Gasteiger partial charge is 0.465 e. The Bertz CT molecular complexity index is 928. The molecule has 22 heavy (non-hydrogen) atoms. The highest BCUT2D eigenvalue weighted by Crippen LogP contribution is 2.21. The standard InChI is InChI=1S/C17H16N2O3/c1-3-22-15(20)10-19-14-7-5-4-6-12(14)16-13(17(19)21)9-8-11(2)18-16/h4-9H,3,10H2,1-2H3. The summed E-state index contributed by atoms with van der Waals surface area (Å²) in [5.74, 6) is -0.422. The summed E-state index contributed by atoms with van der Waals surface area (Å²) < 4.78 is 6.42. The molecule has 0 atom stereocenters. The zero-order chi connectivity index (χ0) is 15.7. The molecule has 0 aliphatic heterocycles. The molecule has 5 heteroatoms. The molecular formula is C17H16N2O3. The second-order valence-electron chi connectivity index (χ2n) is 5.06. The van der Waals surface area contributed by atoms with Crippen LogP contribution < -0.4 is 5.56 Å². The number of benzene rings is 1. The minimum atomic E-state index is -0.422. The quantitative estimate of drug-likeness (QED) is 0.550. The molecule has 2 heterocycles. The highest BCUT2D eigenvalue weighted by atomic mass is 16.5.